The van der Waals surface area contributed by atoms with E-state index in [1.807, 2.05) is 36.4 Å². The molecule has 4 nitrogen and oxygen atoms in total. The molecule has 0 amide bonds. The number of hydrogen-bond acceptors (Lipinski definition) is 4. The summed E-state index contributed by atoms with van der Waals surface area (Å²) < 4.78 is 29.4. The summed E-state index contributed by atoms with van der Waals surface area (Å²) in [7, 11) is 1.92. The van der Waals surface area contributed by atoms with Crippen molar-refractivity contribution >= 4 is 34.6 Å². The van der Waals surface area contributed by atoms with Crippen LogP contribution in [0.1, 0.15) is 17.3 Å². The third-order valence-corrected chi connectivity index (χ3v) is 4.78. The van der Waals surface area contributed by atoms with Crippen molar-refractivity contribution in [3.05, 3.63) is 45.1 Å². The third kappa shape index (κ3) is 3.19. The highest BCUT2D eigenvalue weighted by molar-refractivity contribution is 7.71. The van der Waals surface area contributed by atoms with Crippen LogP contribution >= 0.6 is 23.6 Å². The van der Waals surface area contributed by atoms with Crippen molar-refractivity contribution in [2.24, 2.45) is 0 Å². The van der Waals surface area contributed by atoms with E-state index in [2.05, 4.69) is 4.98 Å². The van der Waals surface area contributed by atoms with Gasteiger partial charge in [-0.1, -0.05) is 12.1 Å². The molecular formula is C15H16F2N4S2. The van der Waals surface area contributed by atoms with Crippen molar-refractivity contribution in [1.82, 2.24) is 19.0 Å². The fraction of sp³-hybridized carbons (Fsp3) is 0.333. The molecule has 1 aromatic carbocycles. The Hall–Kier alpha value is -1.64. The lowest BCUT2D eigenvalue weighted by Crippen LogP contribution is -2.22. The normalized spacial score (nSPS) is 11.9. The maximum absolute atomic E-state index is 13.3. The highest BCUT2D eigenvalue weighted by atomic mass is 32.1. The van der Waals surface area contributed by atoms with Gasteiger partial charge in [0, 0.05) is 11.9 Å². The standard InChI is InChI=1S/C15H16F2N4S2/c1-10-18-11(8-23-10)7-19(2)9-20-12-5-3-4-6-13(12)21(14(16)17)15(20)22/h3-6,8,14H,7,9H2,1-2H3. The van der Waals surface area contributed by atoms with Crippen molar-refractivity contribution in [3.8, 4) is 0 Å². The number of thiazole rings is 1. The van der Waals surface area contributed by atoms with Gasteiger partial charge in [-0.15, -0.1) is 11.3 Å². The Morgan fingerprint density at radius 3 is 2.61 bits per heavy atom. The summed E-state index contributed by atoms with van der Waals surface area (Å²) in [6.45, 7) is 0.372. The number of aromatic nitrogens is 3. The van der Waals surface area contributed by atoms with Crippen LogP contribution in [-0.4, -0.2) is 26.1 Å². The molecule has 0 bridgehead atoms. The van der Waals surface area contributed by atoms with Gasteiger partial charge in [0.25, 0.3) is 0 Å². The van der Waals surface area contributed by atoms with E-state index in [9.17, 15) is 8.78 Å². The van der Waals surface area contributed by atoms with Gasteiger partial charge in [-0.25, -0.2) is 4.98 Å². The predicted molar refractivity (Wildman–Crippen MR) is 90.3 cm³/mol. The van der Waals surface area contributed by atoms with Gasteiger partial charge in [0.05, 0.1) is 28.4 Å². The first-order chi connectivity index (χ1) is 11.0. The maximum atomic E-state index is 13.3. The van der Waals surface area contributed by atoms with Crippen LogP contribution in [0, 0.1) is 11.7 Å². The Bertz CT molecular complexity index is 881. The van der Waals surface area contributed by atoms with Gasteiger partial charge in [0.1, 0.15) is 0 Å². The Morgan fingerprint density at radius 2 is 2.00 bits per heavy atom. The first kappa shape index (κ1) is 16.2. The summed E-state index contributed by atoms with van der Waals surface area (Å²) in [5, 5.41) is 3.02. The zero-order valence-corrected chi connectivity index (χ0v) is 14.4. The van der Waals surface area contributed by atoms with Crippen molar-refractivity contribution in [1.29, 1.82) is 0 Å². The number of rotatable bonds is 5. The second-order valence-electron chi connectivity index (χ2n) is 5.36. The van der Waals surface area contributed by atoms with Gasteiger partial charge < -0.3 is 4.57 Å². The van der Waals surface area contributed by atoms with Gasteiger partial charge in [-0.05, 0) is 38.3 Å². The summed E-state index contributed by atoms with van der Waals surface area (Å²) in [6.07, 6.45) is 0. The molecule has 0 radical (unpaired) electrons. The molecule has 0 aliphatic carbocycles. The fourth-order valence-corrected chi connectivity index (χ4v) is 3.54. The number of para-hydroxylation sites is 2. The Kier molecular flexibility index (Phi) is 4.56. The van der Waals surface area contributed by atoms with Crippen LogP contribution in [0.5, 0.6) is 0 Å². The molecule has 2 heterocycles. The molecule has 122 valence electrons. The molecule has 8 heteroatoms. The van der Waals surface area contributed by atoms with Crippen molar-refractivity contribution in [3.63, 3.8) is 0 Å². The van der Waals surface area contributed by atoms with E-state index >= 15 is 0 Å². The molecule has 0 saturated carbocycles. The van der Waals surface area contributed by atoms with E-state index in [4.69, 9.17) is 12.2 Å². The number of benzene rings is 1. The highest BCUT2D eigenvalue weighted by Crippen LogP contribution is 2.24. The molecule has 0 N–H and O–H groups in total. The lowest BCUT2D eigenvalue weighted by Gasteiger charge is -2.16. The number of halogens is 2. The van der Waals surface area contributed by atoms with Crippen LogP contribution in [0.2, 0.25) is 0 Å². The Balaban J connectivity index is 1.93. The number of hydrogen-bond donors (Lipinski definition) is 0. The van der Waals surface area contributed by atoms with E-state index in [0.29, 0.717) is 24.2 Å². The molecule has 0 aliphatic rings. The molecule has 0 atom stereocenters. The van der Waals surface area contributed by atoms with E-state index in [0.717, 1.165) is 15.3 Å². The number of nitrogens with zero attached hydrogens (tertiary/aromatic N) is 4. The molecule has 0 saturated heterocycles. The maximum Gasteiger partial charge on any atom is 0.321 e. The minimum atomic E-state index is -2.65. The van der Waals surface area contributed by atoms with E-state index < -0.39 is 6.55 Å². The quantitative estimate of drug-likeness (QED) is 0.634. The number of fused-ring (bicyclic) bond motifs is 1. The Morgan fingerprint density at radius 1 is 1.30 bits per heavy atom. The van der Waals surface area contributed by atoms with Gasteiger partial charge in [0.2, 0.25) is 0 Å². The SMILES string of the molecule is Cc1nc(CN(C)Cn2c(=S)n(C(F)F)c3ccccc32)cs1. The highest BCUT2D eigenvalue weighted by Gasteiger charge is 2.17. The molecular weight excluding hydrogens is 338 g/mol. The van der Waals surface area contributed by atoms with E-state index in [1.165, 1.54) is 0 Å². The van der Waals surface area contributed by atoms with Crippen molar-refractivity contribution < 1.29 is 8.78 Å². The topological polar surface area (TPSA) is 26.0 Å². The predicted octanol–water partition coefficient (Wildman–Crippen LogP) is 4.42. The molecule has 0 spiro atoms. The van der Waals surface area contributed by atoms with Crippen LogP contribution in [0.25, 0.3) is 11.0 Å². The second kappa shape index (κ2) is 6.46. The number of aryl methyl sites for hydroxylation is 1. The molecule has 3 rings (SSSR count). The molecule has 0 fully saturated rings. The lowest BCUT2D eigenvalue weighted by atomic mass is 10.3. The molecule has 3 aromatic rings. The van der Waals surface area contributed by atoms with Crippen molar-refractivity contribution in [2.75, 3.05) is 7.05 Å². The van der Waals surface area contributed by atoms with Crippen LogP contribution < -0.4 is 0 Å². The zero-order chi connectivity index (χ0) is 16.6. The summed E-state index contributed by atoms with van der Waals surface area (Å²) in [5.41, 5.74) is 2.13. The second-order valence-corrected chi connectivity index (χ2v) is 6.79. The minimum absolute atomic E-state index is 0.127. The summed E-state index contributed by atoms with van der Waals surface area (Å²) in [5.74, 6) is 0. The smallest absolute Gasteiger partial charge is 0.303 e. The van der Waals surface area contributed by atoms with E-state index in [-0.39, 0.29) is 4.77 Å². The van der Waals surface area contributed by atoms with Crippen LogP contribution in [0.3, 0.4) is 0 Å². The minimum Gasteiger partial charge on any atom is -0.303 e. The fourth-order valence-electron chi connectivity index (χ4n) is 2.61. The van der Waals surface area contributed by atoms with Crippen molar-refractivity contribution in [2.45, 2.75) is 26.7 Å². The molecule has 23 heavy (non-hydrogen) atoms. The molecule has 0 unspecified atom stereocenters. The first-order valence-electron chi connectivity index (χ1n) is 7.05. The van der Waals surface area contributed by atoms with E-state index in [1.54, 1.807) is 28.0 Å². The first-order valence-corrected chi connectivity index (χ1v) is 8.33. The average molecular weight is 354 g/mol. The lowest BCUT2D eigenvalue weighted by molar-refractivity contribution is 0.0717. The number of imidazole rings is 1. The van der Waals surface area contributed by atoms with Gasteiger partial charge in [-0.3, -0.25) is 9.47 Å². The largest absolute Gasteiger partial charge is 0.321 e. The van der Waals surface area contributed by atoms with Gasteiger partial charge in [0.15, 0.2) is 4.77 Å². The average Bonchev–Trinajstić information content (AvgIpc) is 3.01. The zero-order valence-electron chi connectivity index (χ0n) is 12.7. The van der Waals surface area contributed by atoms with Gasteiger partial charge >= 0.3 is 6.55 Å². The van der Waals surface area contributed by atoms with Crippen LogP contribution in [0.15, 0.2) is 29.6 Å². The summed E-state index contributed by atoms with van der Waals surface area (Å²) in [4.78, 5) is 6.43. The third-order valence-electron chi connectivity index (χ3n) is 3.55. The summed E-state index contributed by atoms with van der Waals surface area (Å²) in [6, 6.07) is 7.04. The Labute approximate surface area is 141 Å². The van der Waals surface area contributed by atoms with Crippen LogP contribution in [0.4, 0.5) is 8.78 Å². The monoisotopic (exact) mass is 354 g/mol. The molecule has 2 aromatic heterocycles. The number of alkyl halides is 2. The van der Waals surface area contributed by atoms with Crippen LogP contribution in [-0.2, 0) is 13.2 Å². The molecule has 0 aliphatic heterocycles. The summed E-state index contributed by atoms with van der Waals surface area (Å²) >= 11 is 6.86. The van der Waals surface area contributed by atoms with Gasteiger partial charge in [-0.2, -0.15) is 8.78 Å².